The number of hydrogen-bond acceptors (Lipinski definition) is 10. The lowest BCUT2D eigenvalue weighted by molar-refractivity contribution is 0.0572. The fourth-order valence-corrected chi connectivity index (χ4v) is 8.46. The van der Waals surface area contributed by atoms with Crippen molar-refractivity contribution in [2.24, 2.45) is 0 Å². The largest absolute Gasteiger partial charge is 0.493 e. The fraction of sp³-hybridized carbons (Fsp3) is 0.378. The molecule has 264 valence electrons. The number of benzene rings is 3. The van der Waals surface area contributed by atoms with E-state index in [0.29, 0.717) is 47.7 Å². The number of carbonyl (C=O) groups is 2. The predicted molar refractivity (Wildman–Crippen MR) is 188 cm³/mol. The van der Waals surface area contributed by atoms with E-state index in [1.807, 2.05) is 18.2 Å². The summed E-state index contributed by atoms with van der Waals surface area (Å²) in [5.41, 5.74) is 3.69. The highest BCUT2D eigenvalue weighted by Gasteiger charge is 2.43. The van der Waals surface area contributed by atoms with Crippen LogP contribution in [0.2, 0.25) is 0 Å². The second-order valence-corrected chi connectivity index (χ2v) is 14.3. The molecule has 0 saturated carbocycles. The van der Waals surface area contributed by atoms with Crippen LogP contribution in [0.3, 0.4) is 0 Å². The van der Waals surface area contributed by atoms with Gasteiger partial charge in [0.05, 0.1) is 37.1 Å². The third-order valence-electron chi connectivity index (χ3n) is 9.70. The van der Waals surface area contributed by atoms with Crippen molar-refractivity contribution in [3.63, 3.8) is 0 Å². The van der Waals surface area contributed by atoms with Gasteiger partial charge >= 0.3 is 0 Å². The minimum Gasteiger partial charge on any atom is -0.493 e. The van der Waals surface area contributed by atoms with Gasteiger partial charge in [0.1, 0.15) is 10.6 Å². The van der Waals surface area contributed by atoms with Crippen molar-refractivity contribution < 1.29 is 32.0 Å². The van der Waals surface area contributed by atoms with Gasteiger partial charge in [0.2, 0.25) is 10.0 Å². The summed E-state index contributed by atoms with van der Waals surface area (Å²) in [5.74, 6) is 0.393. The predicted octanol–water partition coefficient (Wildman–Crippen LogP) is 5.29. The Morgan fingerprint density at radius 2 is 1.60 bits per heavy atom. The fourth-order valence-electron chi connectivity index (χ4n) is 7.06. The van der Waals surface area contributed by atoms with Gasteiger partial charge in [-0.2, -0.15) is 0 Å². The second-order valence-electron chi connectivity index (χ2n) is 12.6. The number of nitrogens with zero attached hydrogens (tertiary/aromatic N) is 4. The smallest absolute Gasteiger partial charge is 0.264 e. The van der Waals surface area contributed by atoms with Gasteiger partial charge in [0.15, 0.2) is 17.3 Å². The van der Waals surface area contributed by atoms with Crippen LogP contribution in [0.25, 0.3) is 0 Å². The number of ether oxygens (including phenoxy) is 2. The summed E-state index contributed by atoms with van der Waals surface area (Å²) < 4.78 is 44.8. The highest BCUT2D eigenvalue weighted by Crippen LogP contribution is 2.41. The summed E-state index contributed by atoms with van der Waals surface area (Å²) in [6, 6.07) is 20.7. The number of imide groups is 1. The van der Waals surface area contributed by atoms with E-state index in [9.17, 15) is 18.0 Å². The molecule has 1 saturated heterocycles. The molecule has 50 heavy (non-hydrogen) atoms. The molecule has 1 aromatic heterocycles. The molecule has 2 aliphatic heterocycles. The first-order valence-corrected chi connectivity index (χ1v) is 18.2. The number of anilines is 1. The van der Waals surface area contributed by atoms with Gasteiger partial charge in [-0.1, -0.05) is 47.6 Å². The van der Waals surface area contributed by atoms with Crippen LogP contribution >= 0.6 is 0 Å². The van der Waals surface area contributed by atoms with Crippen LogP contribution in [-0.2, 0) is 10.0 Å². The molecule has 2 atom stereocenters. The van der Waals surface area contributed by atoms with E-state index in [1.54, 1.807) is 38.1 Å². The minimum atomic E-state index is -3.89. The molecule has 0 radical (unpaired) electrons. The van der Waals surface area contributed by atoms with Crippen LogP contribution in [0.4, 0.5) is 5.69 Å². The molecular weight excluding hydrogens is 659 g/mol. The number of sulfonamides is 1. The van der Waals surface area contributed by atoms with Crippen molar-refractivity contribution in [2.45, 2.75) is 50.6 Å². The number of rotatable bonds is 13. The monoisotopic (exact) mass is 701 g/mol. The highest BCUT2D eigenvalue weighted by molar-refractivity contribution is 7.89. The molecule has 2 aliphatic rings. The topological polar surface area (TPSA) is 135 Å². The van der Waals surface area contributed by atoms with Gasteiger partial charge in [-0.15, -0.1) is 0 Å². The molecule has 2 amide bonds. The summed E-state index contributed by atoms with van der Waals surface area (Å²) in [6.07, 6.45) is 0.611. The van der Waals surface area contributed by atoms with E-state index >= 15 is 0 Å². The van der Waals surface area contributed by atoms with Crippen LogP contribution in [0.15, 0.2) is 76.1 Å². The molecular formula is C37H43N5O7S. The van der Waals surface area contributed by atoms with Gasteiger partial charge in [-0.25, -0.2) is 13.1 Å². The first-order chi connectivity index (χ1) is 24.1. The van der Waals surface area contributed by atoms with Gasteiger partial charge in [0, 0.05) is 38.8 Å². The number of methoxy groups -OCH3 is 2. The Morgan fingerprint density at radius 3 is 2.26 bits per heavy atom. The standard InChI is InChI=1S/C37H43N5O7S/c1-24-35(26(3)49-39-24)50(45,46)38-18-10-15-30(28-16-17-32(47-4)33(23-28)48-5)42-36(43)29-13-9-14-31(34(29)37(42)44)41-21-19-40(20-22-41)25(2)27-11-7-6-8-12-27/h6-9,11-14,16-17,23,25,30,38H,10,15,18-22H2,1-5H3/t25-,30?/m1/s1. The van der Waals surface area contributed by atoms with Gasteiger partial charge < -0.3 is 18.9 Å². The number of aromatic nitrogens is 1. The number of piperazine rings is 1. The number of aryl methyl sites for hydroxylation is 2. The molecule has 13 heteroatoms. The zero-order valence-corrected chi connectivity index (χ0v) is 29.8. The Hall–Kier alpha value is -4.72. The zero-order chi connectivity index (χ0) is 35.6. The number of hydrogen-bond donors (Lipinski definition) is 1. The second kappa shape index (κ2) is 14.6. The SMILES string of the molecule is COc1ccc(C(CCCNS(=O)(=O)c2c(C)noc2C)N2C(=O)c3cccc(N4CCN([C@H](C)c5ccccc5)CC4)c3C2=O)cc1OC. The quantitative estimate of drug-likeness (QED) is 0.145. The van der Waals surface area contributed by atoms with Crippen LogP contribution in [-0.4, -0.2) is 82.1 Å². The van der Waals surface area contributed by atoms with E-state index < -0.39 is 16.1 Å². The van der Waals surface area contributed by atoms with E-state index in [-0.39, 0.29) is 47.2 Å². The molecule has 1 unspecified atom stereocenters. The average molecular weight is 702 g/mol. The normalized spacial score (nSPS) is 16.4. The first-order valence-electron chi connectivity index (χ1n) is 16.7. The maximum absolute atomic E-state index is 14.4. The Kier molecular flexibility index (Phi) is 10.3. The molecule has 1 N–H and O–H groups in total. The minimum absolute atomic E-state index is 0.0113. The summed E-state index contributed by atoms with van der Waals surface area (Å²) >= 11 is 0. The number of fused-ring (bicyclic) bond motifs is 1. The highest BCUT2D eigenvalue weighted by atomic mass is 32.2. The third kappa shape index (κ3) is 6.72. The van der Waals surface area contributed by atoms with Crippen LogP contribution < -0.4 is 19.1 Å². The molecule has 3 heterocycles. The summed E-state index contributed by atoms with van der Waals surface area (Å²) in [4.78, 5) is 34.5. The summed E-state index contributed by atoms with van der Waals surface area (Å²) in [5, 5.41) is 3.76. The number of amides is 2. The van der Waals surface area contributed by atoms with Crippen molar-refractivity contribution in [1.29, 1.82) is 0 Å². The Labute approximate surface area is 293 Å². The summed E-state index contributed by atoms with van der Waals surface area (Å²) in [7, 11) is -0.829. The molecule has 6 rings (SSSR count). The van der Waals surface area contributed by atoms with Crippen LogP contribution in [0.5, 0.6) is 11.5 Å². The maximum Gasteiger partial charge on any atom is 0.264 e. The van der Waals surface area contributed by atoms with Crippen molar-refractivity contribution in [1.82, 2.24) is 19.7 Å². The Morgan fingerprint density at radius 1 is 0.880 bits per heavy atom. The molecule has 12 nitrogen and oxygen atoms in total. The average Bonchev–Trinajstić information content (AvgIpc) is 3.62. The van der Waals surface area contributed by atoms with E-state index in [2.05, 4.69) is 50.9 Å². The number of nitrogens with one attached hydrogen (secondary N) is 1. The first kappa shape index (κ1) is 35.1. The lowest BCUT2D eigenvalue weighted by Gasteiger charge is -2.39. The van der Waals surface area contributed by atoms with E-state index in [4.69, 9.17) is 14.0 Å². The lowest BCUT2D eigenvalue weighted by atomic mass is 9.99. The van der Waals surface area contributed by atoms with Crippen molar-refractivity contribution >= 4 is 27.5 Å². The molecule has 0 spiro atoms. The van der Waals surface area contributed by atoms with Crippen molar-refractivity contribution in [3.05, 3.63) is 100 Å². The Balaban J connectivity index is 1.24. The van der Waals surface area contributed by atoms with Crippen molar-refractivity contribution in [3.8, 4) is 11.5 Å². The van der Waals surface area contributed by atoms with Crippen LogP contribution in [0.1, 0.15) is 75.1 Å². The lowest BCUT2D eigenvalue weighted by Crippen LogP contribution is -2.47. The molecule has 4 aromatic rings. The van der Waals surface area contributed by atoms with Gasteiger partial charge in [-0.05, 0) is 69.0 Å². The molecule has 3 aromatic carbocycles. The molecule has 0 bridgehead atoms. The van der Waals surface area contributed by atoms with Gasteiger partial charge in [-0.3, -0.25) is 19.4 Å². The molecule has 1 fully saturated rings. The Bertz CT molecular complexity index is 1950. The van der Waals surface area contributed by atoms with Gasteiger partial charge in [0.25, 0.3) is 11.8 Å². The third-order valence-corrected chi connectivity index (χ3v) is 11.4. The van der Waals surface area contributed by atoms with E-state index in [1.165, 1.54) is 24.7 Å². The van der Waals surface area contributed by atoms with Crippen LogP contribution in [0, 0.1) is 13.8 Å². The number of carbonyl (C=O) groups excluding carboxylic acids is 2. The van der Waals surface area contributed by atoms with Crippen molar-refractivity contribution in [2.75, 3.05) is 51.8 Å². The van der Waals surface area contributed by atoms with E-state index in [0.717, 1.165) is 18.8 Å². The maximum atomic E-state index is 14.4. The molecule has 0 aliphatic carbocycles. The summed E-state index contributed by atoms with van der Waals surface area (Å²) in [6.45, 7) is 8.42. The zero-order valence-electron chi connectivity index (χ0n) is 29.0.